The smallest absolute Gasteiger partial charge is 0.228 e. The van der Waals surface area contributed by atoms with Crippen LogP contribution in [0.15, 0.2) is 24.4 Å². The van der Waals surface area contributed by atoms with Crippen molar-refractivity contribution in [2.45, 2.75) is 20.8 Å². The molecule has 88 valence electrons. The van der Waals surface area contributed by atoms with Crippen molar-refractivity contribution >= 4 is 23.2 Å². The maximum Gasteiger partial charge on any atom is 0.228 e. The number of hydrogen-bond donors (Lipinski definition) is 1. The Morgan fingerprint density at radius 1 is 1.12 bits per heavy atom. The van der Waals surface area contributed by atoms with Gasteiger partial charge in [0.15, 0.2) is 0 Å². The van der Waals surface area contributed by atoms with E-state index in [1.807, 2.05) is 0 Å². The summed E-state index contributed by atoms with van der Waals surface area (Å²) in [5.41, 5.74) is 4.63. The molecule has 4 heteroatoms. The van der Waals surface area contributed by atoms with E-state index in [2.05, 4.69) is 48.2 Å². The molecule has 0 radical (unpaired) electrons. The molecule has 3 nitrogen and oxygen atoms in total. The summed E-state index contributed by atoms with van der Waals surface area (Å²) in [5, 5.41) is 3.64. The summed E-state index contributed by atoms with van der Waals surface area (Å²) < 4.78 is 0. The fourth-order valence-electron chi connectivity index (χ4n) is 1.89. The SMILES string of the molecule is Cc1cc(C)c(Nc2nccc(Cl)n2)c(C)c1. The van der Waals surface area contributed by atoms with Crippen LogP contribution in [0.4, 0.5) is 11.6 Å². The van der Waals surface area contributed by atoms with Crippen molar-refractivity contribution in [2.75, 3.05) is 5.32 Å². The first-order valence-electron chi connectivity index (χ1n) is 5.39. The second-order valence-corrected chi connectivity index (χ2v) is 4.49. The lowest BCUT2D eigenvalue weighted by Crippen LogP contribution is -2.00. The van der Waals surface area contributed by atoms with Crippen LogP contribution >= 0.6 is 11.6 Å². The summed E-state index contributed by atoms with van der Waals surface area (Å²) in [6.07, 6.45) is 1.64. The molecule has 2 aromatic rings. The van der Waals surface area contributed by atoms with Gasteiger partial charge in [-0.25, -0.2) is 9.97 Å². The van der Waals surface area contributed by atoms with Crippen LogP contribution < -0.4 is 5.32 Å². The highest BCUT2D eigenvalue weighted by Gasteiger charge is 2.05. The molecule has 1 heterocycles. The average molecular weight is 248 g/mol. The van der Waals surface area contributed by atoms with Crippen molar-refractivity contribution in [3.8, 4) is 0 Å². The van der Waals surface area contributed by atoms with Crippen molar-refractivity contribution in [3.63, 3.8) is 0 Å². The van der Waals surface area contributed by atoms with Crippen molar-refractivity contribution in [1.29, 1.82) is 0 Å². The van der Waals surface area contributed by atoms with Gasteiger partial charge in [-0.3, -0.25) is 0 Å². The molecular formula is C13H14ClN3. The molecule has 0 spiro atoms. The molecule has 0 atom stereocenters. The lowest BCUT2D eigenvalue weighted by atomic mass is 10.1. The third-order valence-corrected chi connectivity index (χ3v) is 2.75. The van der Waals surface area contributed by atoms with E-state index in [9.17, 15) is 0 Å². The zero-order valence-corrected chi connectivity index (χ0v) is 10.8. The monoisotopic (exact) mass is 247 g/mol. The summed E-state index contributed by atoms with van der Waals surface area (Å²) >= 11 is 5.82. The van der Waals surface area contributed by atoms with Gasteiger partial charge in [-0.05, 0) is 38.0 Å². The number of halogens is 1. The van der Waals surface area contributed by atoms with Gasteiger partial charge in [-0.1, -0.05) is 29.3 Å². The van der Waals surface area contributed by atoms with Gasteiger partial charge in [-0.15, -0.1) is 0 Å². The number of anilines is 2. The number of hydrogen-bond acceptors (Lipinski definition) is 3. The van der Waals surface area contributed by atoms with Gasteiger partial charge in [-0.2, -0.15) is 0 Å². The number of aryl methyl sites for hydroxylation is 3. The van der Waals surface area contributed by atoms with Crippen molar-refractivity contribution in [3.05, 3.63) is 46.2 Å². The molecular weight excluding hydrogens is 234 g/mol. The molecule has 0 aliphatic rings. The number of benzene rings is 1. The zero-order valence-electron chi connectivity index (χ0n) is 10.1. The summed E-state index contributed by atoms with van der Waals surface area (Å²) in [7, 11) is 0. The van der Waals surface area contributed by atoms with Crippen molar-refractivity contribution in [1.82, 2.24) is 9.97 Å². The number of nitrogens with one attached hydrogen (secondary N) is 1. The molecule has 0 unspecified atom stereocenters. The molecule has 1 N–H and O–H groups in total. The molecule has 17 heavy (non-hydrogen) atoms. The molecule has 1 aromatic heterocycles. The minimum absolute atomic E-state index is 0.435. The van der Waals surface area contributed by atoms with Gasteiger partial charge in [0.2, 0.25) is 5.95 Å². The van der Waals surface area contributed by atoms with Gasteiger partial charge >= 0.3 is 0 Å². The predicted octanol–water partition coefficient (Wildman–Crippen LogP) is 3.80. The Hall–Kier alpha value is -1.61. The first-order chi connectivity index (χ1) is 8.06. The van der Waals surface area contributed by atoms with E-state index in [-0.39, 0.29) is 0 Å². The Morgan fingerprint density at radius 2 is 1.76 bits per heavy atom. The molecule has 0 aliphatic carbocycles. The first kappa shape index (κ1) is 11.9. The Kier molecular flexibility index (Phi) is 3.29. The standard InChI is InChI=1S/C13H14ClN3/c1-8-6-9(2)12(10(3)7-8)17-13-15-5-4-11(14)16-13/h4-7H,1-3H3,(H,15,16,17). The Labute approximate surface area is 106 Å². The molecule has 0 fully saturated rings. The fourth-order valence-corrected chi connectivity index (χ4v) is 2.02. The highest BCUT2D eigenvalue weighted by molar-refractivity contribution is 6.29. The summed E-state index contributed by atoms with van der Waals surface area (Å²) in [6.45, 7) is 6.21. The Balaban J connectivity index is 2.36. The normalized spacial score (nSPS) is 10.4. The maximum absolute atomic E-state index is 5.82. The van der Waals surface area contributed by atoms with Crippen LogP contribution in [0.25, 0.3) is 0 Å². The fraction of sp³-hybridized carbons (Fsp3) is 0.231. The number of nitrogens with zero attached hydrogens (tertiary/aromatic N) is 2. The third-order valence-electron chi connectivity index (χ3n) is 2.54. The summed E-state index contributed by atoms with van der Waals surface area (Å²) in [6, 6.07) is 5.90. The van der Waals surface area contributed by atoms with Crippen LogP contribution in [0.2, 0.25) is 5.15 Å². The topological polar surface area (TPSA) is 37.8 Å². The number of aromatic nitrogens is 2. The minimum atomic E-state index is 0.435. The van der Waals surface area contributed by atoms with E-state index < -0.39 is 0 Å². The second-order valence-electron chi connectivity index (χ2n) is 4.10. The van der Waals surface area contributed by atoms with E-state index in [1.165, 1.54) is 16.7 Å². The lowest BCUT2D eigenvalue weighted by molar-refractivity contribution is 1.15. The van der Waals surface area contributed by atoms with Crippen LogP contribution in [0, 0.1) is 20.8 Å². The van der Waals surface area contributed by atoms with E-state index in [0.717, 1.165) is 5.69 Å². The van der Waals surface area contributed by atoms with E-state index in [0.29, 0.717) is 11.1 Å². The maximum atomic E-state index is 5.82. The zero-order chi connectivity index (χ0) is 12.4. The van der Waals surface area contributed by atoms with Gasteiger partial charge in [0, 0.05) is 11.9 Å². The van der Waals surface area contributed by atoms with Crippen molar-refractivity contribution in [2.24, 2.45) is 0 Å². The molecule has 0 aliphatic heterocycles. The summed E-state index contributed by atoms with van der Waals surface area (Å²) in [4.78, 5) is 8.25. The minimum Gasteiger partial charge on any atom is -0.324 e. The Morgan fingerprint density at radius 3 is 2.35 bits per heavy atom. The van der Waals surface area contributed by atoms with Crippen LogP contribution in [-0.4, -0.2) is 9.97 Å². The third kappa shape index (κ3) is 2.74. The predicted molar refractivity (Wildman–Crippen MR) is 71.0 cm³/mol. The van der Waals surface area contributed by atoms with E-state index in [4.69, 9.17) is 11.6 Å². The number of rotatable bonds is 2. The largest absolute Gasteiger partial charge is 0.324 e. The first-order valence-corrected chi connectivity index (χ1v) is 5.77. The Bertz CT molecular complexity index is 529. The second kappa shape index (κ2) is 4.72. The lowest BCUT2D eigenvalue weighted by Gasteiger charge is -2.12. The molecule has 1 aromatic carbocycles. The molecule has 0 saturated carbocycles. The van der Waals surface area contributed by atoms with Crippen molar-refractivity contribution < 1.29 is 0 Å². The van der Waals surface area contributed by atoms with E-state index >= 15 is 0 Å². The van der Waals surface area contributed by atoms with Gasteiger partial charge < -0.3 is 5.32 Å². The highest BCUT2D eigenvalue weighted by atomic mass is 35.5. The molecule has 0 saturated heterocycles. The highest BCUT2D eigenvalue weighted by Crippen LogP contribution is 2.24. The van der Waals surface area contributed by atoms with Crippen LogP contribution in [-0.2, 0) is 0 Å². The van der Waals surface area contributed by atoms with Gasteiger partial charge in [0.25, 0.3) is 0 Å². The molecule has 0 bridgehead atoms. The van der Waals surface area contributed by atoms with Crippen LogP contribution in [0.3, 0.4) is 0 Å². The average Bonchev–Trinajstić information content (AvgIpc) is 2.23. The molecule has 2 rings (SSSR count). The van der Waals surface area contributed by atoms with Gasteiger partial charge in [0.05, 0.1) is 0 Å². The summed E-state index contributed by atoms with van der Waals surface area (Å²) in [5.74, 6) is 0.521. The molecule has 0 amide bonds. The van der Waals surface area contributed by atoms with Crippen LogP contribution in [0.5, 0.6) is 0 Å². The van der Waals surface area contributed by atoms with Gasteiger partial charge in [0.1, 0.15) is 5.15 Å². The van der Waals surface area contributed by atoms with E-state index in [1.54, 1.807) is 12.3 Å². The van der Waals surface area contributed by atoms with Crippen LogP contribution in [0.1, 0.15) is 16.7 Å². The quantitative estimate of drug-likeness (QED) is 0.821.